The standard InChI is InChI=1S/C9H16N2/c1-4-5-6-8(2)11-7-9(11)10-3/h6,9H,3-5,7H2,1-2H3/b8-6-. The summed E-state index contributed by atoms with van der Waals surface area (Å²) in [5.74, 6) is 0. The molecule has 0 spiro atoms. The summed E-state index contributed by atoms with van der Waals surface area (Å²) in [6, 6.07) is 0. The van der Waals surface area contributed by atoms with Crippen LogP contribution in [0.5, 0.6) is 0 Å². The molecule has 11 heavy (non-hydrogen) atoms. The first kappa shape index (κ1) is 8.31. The maximum absolute atomic E-state index is 3.95. The van der Waals surface area contributed by atoms with Crippen LogP contribution < -0.4 is 0 Å². The minimum atomic E-state index is 0.378. The van der Waals surface area contributed by atoms with E-state index >= 15 is 0 Å². The van der Waals surface area contributed by atoms with Crippen molar-refractivity contribution in [3.05, 3.63) is 11.8 Å². The summed E-state index contributed by atoms with van der Waals surface area (Å²) in [7, 11) is 0. The second-order valence-electron chi connectivity index (χ2n) is 2.95. The molecule has 0 bridgehead atoms. The molecule has 0 aromatic rings. The summed E-state index contributed by atoms with van der Waals surface area (Å²) >= 11 is 0. The highest BCUT2D eigenvalue weighted by Gasteiger charge is 2.32. The van der Waals surface area contributed by atoms with Crippen molar-refractivity contribution in [1.82, 2.24) is 4.90 Å². The van der Waals surface area contributed by atoms with E-state index in [1.54, 1.807) is 0 Å². The van der Waals surface area contributed by atoms with Gasteiger partial charge in [-0.15, -0.1) is 0 Å². The van der Waals surface area contributed by atoms with Gasteiger partial charge in [-0.05, 0) is 20.1 Å². The zero-order chi connectivity index (χ0) is 8.27. The zero-order valence-electron chi connectivity index (χ0n) is 7.38. The van der Waals surface area contributed by atoms with Crippen molar-refractivity contribution in [2.45, 2.75) is 32.9 Å². The number of aliphatic imine (C=N–C) groups is 1. The molecule has 0 N–H and O–H groups in total. The van der Waals surface area contributed by atoms with Gasteiger partial charge in [0.1, 0.15) is 6.17 Å². The molecule has 1 fully saturated rings. The molecule has 2 heteroatoms. The maximum Gasteiger partial charge on any atom is 0.138 e. The molecule has 0 aromatic heterocycles. The molecule has 0 saturated carbocycles. The predicted molar refractivity (Wildman–Crippen MR) is 48.7 cm³/mol. The highest BCUT2D eigenvalue weighted by atomic mass is 15.4. The molecule has 1 heterocycles. The molecule has 1 aliphatic rings. The first-order chi connectivity index (χ1) is 5.29. The van der Waals surface area contributed by atoms with E-state index in [2.05, 4.69) is 36.5 Å². The van der Waals surface area contributed by atoms with E-state index in [9.17, 15) is 0 Å². The molecule has 0 amide bonds. The van der Waals surface area contributed by atoms with Gasteiger partial charge in [0.2, 0.25) is 0 Å². The van der Waals surface area contributed by atoms with Crippen molar-refractivity contribution in [3.63, 3.8) is 0 Å². The Kier molecular flexibility index (Phi) is 2.69. The van der Waals surface area contributed by atoms with Crippen molar-refractivity contribution < 1.29 is 0 Å². The van der Waals surface area contributed by atoms with Crippen LogP contribution in [0, 0.1) is 0 Å². The first-order valence-electron chi connectivity index (χ1n) is 4.18. The summed E-state index contributed by atoms with van der Waals surface area (Å²) in [5, 5.41) is 0. The van der Waals surface area contributed by atoms with Gasteiger partial charge in [0, 0.05) is 5.70 Å². The maximum atomic E-state index is 3.95. The van der Waals surface area contributed by atoms with Gasteiger partial charge < -0.3 is 4.90 Å². The van der Waals surface area contributed by atoms with E-state index in [1.807, 2.05) is 0 Å². The van der Waals surface area contributed by atoms with Crippen LogP contribution in [0.4, 0.5) is 0 Å². The lowest BCUT2D eigenvalue weighted by Crippen LogP contribution is -1.95. The Morgan fingerprint density at radius 1 is 1.82 bits per heavy atom. The van der Waals surface area contributed by atoms with Gasteiger partial charge in [-0.3, -0.25) is 4.99 Å². The van der Waals surface area contributed by atoms with Gasteiger partial charge in [0.05, 0.1) is 6.54 Å². The van der Waals surface area contributed by atoms with Crippen molar-refractivity contribution in [3.8, 4) is 0 Å². The summed E-state index contributed by atoms with van der Waals surface area (Å²) in [5.41, 5.74) is 1.35. The first-order valence-corrected chi connectivity index (χ1v) is 4.18. The molecule has 1 atom stereocenters. The summed E-state index contributed by atoms with van der Waals surface area (Å²) in [6.07, 6.45) is 5.04. The van der Waals surface area contributed by atoms with Crippen molar-refractivity contribution in [2.75, 3.05) is 6.54 Å². The summed E-state index contributed by atoms with van der Waals surface area (Å²) in [6.45, 7) is 8.91. The van der Waals surface area contributed by atoms with E-state index in [0.29, 0.717) is 6.17 Å². The third kappa shape index (κ3) is 2.07. The lowest BCUT2D eigenvalue weighted by atomic mass is 10.3. The quantitative estimate of drug-likeness (QED) is 0.444. The fourth-order valence-corrected chi connectivity index (χ4v) is 1.13. The van der Waals surface area contributed by atoms with Gasteiger partial charge in [0.15, 0.2) is 0 Å². The second-order valence-corrected chi connectivity index (χ2v) is 2.95. The molecule has 2 nitrogen and oxygen atoms in total. The van der Waals surface area contributed by atoms with Crippen molar-refractivity contribution >= 4 is 6.72 Å². The number of hydrogen-bond donors (Lipinski definition) is 0. The van der Waals surface area contributed by atoms with Crippen LogP contribution in [-0.2, 0) is 0 Å². The van der Waals surface area contributed by atoms with E-state index in [4.69, 9.17) is 0 Å². The monoisotopic (exact) mass is 152 g/mol. The van der Waals surface area contributed by atoms with E-state index < -0.39 is 0 Å². The highest BCUT2D eigenvalue weighted by Crippen LogP contribution is 2.24. The lowest BCUT2D eigenvalue weighted by Gasteiger charge is -2.01. The molecule has 0 radical (unpaired) electrons. The van der Waals surface area contributed by atoms with E-state index in [0.717, 1.165) is 6.54 Å². The fraction of sp³-hybridized carbons (Fsp3) is 0.667. The smallest absolute Gasteiger partial charge is 0.138 e. The third-order valence-corrected chi connectivity index (χ3v) is 1.98. The normalized spacial score (nSPS) is 23.6. The molecule has 0 aromatic carbocycles. The number of allylic oxidation sites excluding steroid dienone is 2. The van der Waals surface area contributed by atoms with Crippen molar-refractivity contribution in [2.24, 2.45) is 4.99 Å². The van der Waals surface area contributed by atoms with Crippen LogP contribution >= 0.6 is 0 Å². The average molecular weight is 152 g/mol. The molecule has 62 valence electrons. The number of unbranched alkanes of at least 4 members (excludes halogenated alkanes) is 1. The topological polar surface area (TPSA) is 15.4 Å². The van der Waals surface area contributed by atoms with Crippen LogP contribution in [-0.4, -0.2) is 24.3 Å². The summed E-state index contributed by atoms with van der Waals surface area (Å²) < 4.78 is 0. The number of hydrogen-bond acceptors (Lipinski definition) is 2. The van der Waals surface area contributed by atoms with Crippen LogP contribution in [0.15, 0.2) is 16.8 Å². The Labute approximate surface area is 68.6 Å². The molecular weight excluding hydrogens is 136 g/mol. The van der Waals surface area contributed by atoms with Gasteiger partial charge in [-0.1, -0.05) is 19.4 Å². The Morgan fingerprint density at radius 3 is 3.00 bits per heavy atom. The van der Waals surface area contributed by atoms with Crippen LogP contribution in [0.3, 0.4) is 0 Å². The minimum Gasteiger partial charge on any atom is -0.348 e. The summed E-state index contributed by atoms with van der Waals surface area (Å²) in [4.78, 5) is 6.20. The zero-order valence-corrected chi connectivity index (χ0v) is 7.38. The molecule has 1 saturated heterocycles. The molecule has 1 rings (SSSR count). The van der Waals surface area contributed by atoms with E-state index in [-0.39, 0.29) is 0 Å². The van der Waals surface area contributed by atoms with Gasteiger partial charge in [-0.25, -0.2) is 0 Å². The Morgan fingerprint density at radius 2 is 2.55 bits per heavy atom. The minimum absolute atomic E-state index is 0.378. The average Bonchev–Trinajstić information content (AvgIpc) is 2.78. The van der Waals surface area contributed by atoms with Crippen LogP contribution in [0.2, 0.25) is 0 Å². The molecular formula is C9H16N2. The number of nitrogens with zero attached hydrogens (tertiary/aromatic N) is 2. The Bertz CT molecular complexity index is 172. The second kappa shape index (κ2) is 3.56. The lowest BCUT2D eigenvalue weighted by molar-refractivity contribution is 0.626. The molecule has 1 aliphatic heterocycles. The van der Waals surface area contributed by atoms with Gasteiger partial charge >= 0.3 is 0 Å². The van der Waals surface area contributed by atoms with Crippen LogP contribution in [0.1, 0.15) is 26.7 Å². The molecule has 0 aliphatic carbocycles. The van der Waals surface area contributed by atoms with Gasteiger partial charge in [-0.2, -0.15) is 0 Å². The number of rotatable bonds is 4. The van der Waals surface area contributed by atoms with Crippen molar-refractivity contribution in [1.29, 1.82) is 0 Å². The predicted octanol–water partition coefficient (Wildman–Crippen LogP) is 2.03. The SMILES string of the molecule is C=NC1CN1/C(C)=C\CCC. The fourth-order valence-electron chi connectivity index (χ4n) is 1.13. The van der Waals surface area contributed by atoms with E-state index in [1.165, 1.54) is 18.5 Å². The molecule has 1 unspecified atom stereocenters. The third-order valence-electron chi connectivity index (χ3n) is 1.98. The van der Waals surface area contributed by atoms with Crippen LogP contribution in [0.25, 0.3) is 0 Å². The largest absolute Gasteiger partial charge is 0.348 e. The Hall–Kier alpha value is -0.790. The Balaban J connectivity index is 2.31. The highest BCUT2D eigenvalue weighted by molar-refractivity contribution is 5.26. The van der Waals surface area contributed by atoms with Gasteiger partial charge in [0.25, 0.3) is 0 Å².